The summed E-state index contributed by atoms with van der Waals surface area (Å²) in [7, 11) is 0. The number of pyridine rings is 1. The molecule has 102 valence electrons. The van der Waals surface area contributed by atoms with Gasteiger partial charge in [0.15, 0.2) is 0 Å². The van der Waals surface area contributed by atoms with Crippen LogP contribution < -0.4 is 10.6 Å². The Kier molecular flexibility index (Phi) is 7.91. The first-order valence-corrected chi connectivity index (χ1v) is 5.68. The Labute approximate surface area is 120 Å². The zero-order chi connectivity index (χ0) is 11.4. The first-order chi connectivity index (χ1) is 7.74. The Hall–Kier alpha value is -0.840. The molecule has 1 saturated heterocycles. The standard InChI is InChI=1S/C12H17N3O.2ClH/c1-9-3-2-4-11(14-9)15-12(16)7-10-5-6-13-8-10;;/h2-4,10,13H,5-8H2,1H3,(H,14,15,16);2*1H. The molecule has 1 unspecified atom stereocenters. The molecule has 1 aromatic heterocycles. The van der Waals surface area contributed by atoms with E-state index in [9.17, 15) is 4.79 Å². The monoisotopic (exact) mass is 291 g/mol. The van der Waals surface area contributed by atoms with Crippen LogP contribution in [-0.4, -0.2) is 24.0 Å². The van der Waals surface area contributed by atoms with Gasteiger partial charge in [-0.3, -0.25) is 4.79 Å². The third kappa shape index (κ3) is 5.21. The predicted molar refractivity (Wildman–Crippen MR) is 77.7 cm³/mol. The van der Waals surface area contributed by atoms with E-state index in [1.165, 1.54) is 0 Å². The Balaban J connectivity index is 0.00000144. The highest BCUT2D eigenvalue weighted by Gasteiger charge is 2.18. The van der Waals surface area contributed by atoms with Crippen LogP contribution in [0.25, 0.3) is 0 Å². The average Bonchev–Trinajstić information content (AvgIpc) is 2.70. The highest BCUT2D eigenvalue weighted by atomic mass is 35.5. The molecule has 1 aliphatic rings. The predicted octanol–water partition coefficient (Wildman–Crippen LogP) is 2.17. The van der Waals surface area contributed by atoms with Gasteiger partial charge in [0.2, 0.25) is 5.91 Å². The van der Waals surface area contributed by atoms with Crippen LogP contribution in [0.5, 0.6) is 0 Å². The van der Waals surface area contributed by atoms with Gasteiger partial charge in [-0.2, -0.15) is 0 Å². The van der Waals surface area contributed by atoms with Gasteiger partial charge in [-0.15, -0.1) is 24.8 Å². The van der Waals surface area contributed by atoms with Crippen LogP contribution in [-0.2, 0) is 4.79 Å². The highest BCUT2D eigenvalue weighted by molar-refractivity contribution is 5.89. The van der Waals surface area contributed by atoms with Crippen molar-refractivity contribution in [1.29, 1.82) is 0 Å². The van der Waals surface area contributed by atoms with Crippen molar-refractivity contribution in [2.24, 2.45) is 5.92 Å². The number of amides is 1. The molecule has 0 radical (unpaired) electrons. The quantitative estimate of drug-likeness (QED) is 0.897. The Morgan fingerprint density at radius 2 is 2.28 bits per heavy atom. The second kappa shape index (κ2) is 8.29. The molecular formula is C12H19Cl2N3O. The molecule has 0 spiro atoms. The van der Waals surface area contributed by atoms with Gasteiger partial charge in [-0.1, -0.05) is 6.07 Å². The Morgan fingerprint density at radius 3 is 2.89 bits per heavy atom. The molecule has 0 saturated carbocycles. The normalized spacial score (nSPS) is 17.5. The summed E-state index contributed by atoms with van der Waals surface area (Å²) >= 11 is 0. The minimum atomic E-state index is 0. The smallest absolute Gasteiger partial charge is 0.225 e. The zero-order valence-corrected chi connectivity index (χ0v) is 11.9. The van der Waals surface area contributed by atoms with Crippen LogP contribution in [0.2, 0.25) is 0 Å². The summed E-state index contributed by atoms with van der Waals surface area (Å²) < 4.78 is 0. The molecule has 1 aromatic rings. The van der Waals surface area contributed by atoms with E-state index in [1.54, 1.807) is 0 Å². The molecule has 6 heteroatoms. The third-order valence-electron chi connectivity index (χ3n) is 2.79. The maximum atomic E-state index is 11.7. The van der Waals surface area contributed by atoms with Gasteiger partial charge in [0.1, 0.15) is 5.82 Å². The number of nitrogens with zero attached hydrogens (tertiary/aromatic N) is 1. The topological polar surface area (TPSA) is 54.0 Å². The van der Waals surface area contributed by atoms with Crippen molar-refractivity contribution in [2.75, 3.05) is 18.4 Å². The Morgan fingerprint density at radius 1 is 1.50 bits per heavy atom. The molecule has 1 aliphatic heterocycles. The van der Waals surface area contributed by atoms with Gasteiger partial charge in [-0.05, 0) is 44.5 Å². The summed E-state index contributed by atoms with van der Waals surface area (Å²) in [4.78, 5) is 15.9. The van der Waals surface area contributed by atoms with Gasteiger partial charge in [0.25, 0.3) is 0 Å². The van der Waals surface area contributed by atoms with Crippen molar-refractivity contribution in [2.45, 2.75) is 19.8 Å². The first kappa shape index (κ1) is 17.2. The van der Waals surface area contributed by atoms with Gasteiger partial charge in [0, 0.05) is 12.1 Å². The number of aryl methyl sites for hydroxylation is 1. The number of hydrogen-bond donors (Lipinski definition) is 2. The zero-order valence-electron chi connectivity index (χ0n) is 10.3. The SMILES string of the molecule is Cc1cccc(NC(=O)CC2CCNC2)n1.Cl.Cl. The van der Waals surface area contributed by atoms with E-state index in [-0.39, 0.29) is 30.7 Å². The van der Waals surface area contributed by atoms with Crippen molar-refractivity contribution in [3.63, 3.8) is 0 Å². The van der Waals surface area contributed by atoms with E-state index < -0.39 is 0 Å². The molecule has 1 amide bonds. The number of carbonyl (C=O) groups excluding carboxylic acids is 1. The fourth-order valence-electron chi connectivity index (χ4n) is 1.96. The molecule has 2 heterocycles. The second-order valence-corrected chi connectivity index (χ2v) is 4.28. The van der Waals surface area contributed by atoms with E-state index in [0.29, 0.717) is 18.2 Å². The molecule has 4 nitrogen and oxygen atoms in total. The summed E-state index contributed by atoms with van der Waals surface area (Å²) in [6, 6.07) is 5.63. The van der Waals surface area contributed by atoms with Crippen molar-refractivity contribution < 1.29 is 4.79 Å². The number of hydrogen-bond acceptors (Lipinski definition) is 3. The second-order valence-electron chi connectivity index (χ2n) is 4.28. The molecule has 1 fully saturated rings. The molecular weight excluding hydrogens is 273 g/mol. The highest BCUT2D eigenvalue weighted by Crippen LogP contribution is 2.13. The summed E-state index contributed by atoms with van der Waals surface area (Å²) in [5, 5.41) is 6.09. The maximum absolute atomic E-state index is 11.7. The molecule has 1 atom stereocenters. The van der Waals surface area contributed by atoms with Crippen LogP contribution in [0.4, 0.5) is 5.82 Å². The van der Waals surface area contributed by atoms with Crippen LogP contribution in [0.15, 0.2) is 18.2 Å². The fraction of sp³-hybridized carbons (Fsp3) is 0.500. The van der Waals surface area contributed by atoms with Gasteiger partial charge in [-0.25, -0.2) is 4.98 Å². The number of anilines is 1. The number of rotatable bonds is 3. The maximum Gasteiger partial charge on any atom is 0.225 e. The van der Waals surface area contributed by atoms with Crippen molar-refractivity contribution in [3.8, 4) is 0 Å². The number of halogens is 2. The first-order valence-electron chi connectivity index (χ1n) is 5.68. The lowest BCUT2D eigenvalue weighted by Gasteiger charge is -2.08. The lowest BCUT2D eigenvalue weighted by molar-refractivity contribution is -0.117. The molecule has 0 bridgehead atoms. The van der Waals surface area contributed by atoms with E-state index in [4.69, 9.17) is 0 Å². The van der Waals surface area contributed by atoms with Gasteiger partial charge in [0.05, 0.1) is 0 Å². The van der Waals surface area contributed by atoms with Crippen molar-refractivity contribution in [1.82, 2.24) is 10.3 Å². The van der Waals surface area contributed by atoms with E-state index in [2.05, 4.69) is 15.6 Å². The van der Waals surface area contributed by atoms with Crippen LogP contribution >= 0.6 is 24.8 Å². The minimum Gasteiger partial charge on any atom is -0.316 e. The summed E-state index contributed by atoms with van der Waals surface area (Å²) in [5.41, 5.74) is 0.917. The van der Waals surface area contributed by atoms with Crippen molar-refractivity contribution >= 4 is 36.5 Å². The summed E-state index contributed by atoms with van der Waals surface area (Å²) in [6.45, 7) is 3.89. The third-order valence-corrected chi connectivity index (χ3v) is 2.79. The number of nitrogens with one attached hydrogen (secondary N) is 2. The Bertz CT molecular complexity index is 381. The summed E-state index contributed by atoms with van der Waals surface area (Å²) in [5.74, 6) is 1.19. The van der Waals surface area contributed by atoms with Crippen LogP contribution in [0.3, 0.4) is 0 Å². The van der Waals surface area contributed by atoms with Crippen LogP contribution in [0, 0.1) is 12.8 Å². The largest absolute Gasteiger partial charge is 0.316 e. The van der Waals surface area contributed by atoms with Crippen LogP contribution in [0.1, 0.15) is 18.5 Å². The molecule has 2 rings (SSSR count). The fourth-order valence-corrected chi connectivity index (χ4v) is 1.96. The number of aromatic nitrogens is 1. The molecule has 2 N–H and O–H groups in total. The molecule has 0 aromatic carbocycles. The molecule has 0 aliphatic carbocycles. The molecule has 18 heavy (non-hydrogen) atoms. The lowest BCUT2D eigenvalue weighted by Crippen LogP contribution is -2.18. The van der Waals surface area contributed by atoms with E-state index in [0.717, 1.165) is 25.2 Å². The number of carbonyl (C=O) groups is 1. The van der Waals surface area contributed by atoms with Gasteiger partial charge < -0.3 is 10.6 Å². The average molecular weight is 292 g/mol. The minimum absolute atomic E-state index is 0. The van der Waals surface area contributed by atoms with E-state index >= 15 is 0 Å². The lowest BCUT2D eigenvalue weighted by atomic mass is 10.0. The summed E-state index contributed by atoms with van der Waals surface area (Å²) in [6.07, 6.45) is 1.68. The van der Waals surface area contributed by atoms with E-state index in [1.807, 2.05) is 25.1 Å². The van der Waals surface area contributed by atoms with Crippen molar-refractivity contribution in [3.05, 3.63) is 23.9 Å². The van der Waals surface area contributed by atoms with Gasteiger partial charge >= 0.3 is 0 Å².